The van der Waals surface area contributed by atoms with Crippen LogP contribution in [-0.4, -0.2) is 63.5 Å². The zero-order chi connectivity index (χ0) is 21.5. The Bertz CT molecular complexity index is 876. The Hall–Kier alpha value is -2.71. The van der Waals surface area contributed by atoms with Gasteiger partial charge in [0.05, 0.1) is 39.0 Å². The van der Waals surface area contributed by atoms with Gasteiger partial charge in [0.25, 0.3) is 0 Å². The van der Waals surface area contributed by atoms with Crippen LogP contribution in [0, 0.1) is 6.92 Å². The van der Waals surface area contributed by atoms with E-state index in [0.717, 1.165) is 73.9 Å². The topological polar surface area (TPSA) is 80.5 Å². The van der Waals surface area contributed by atoms with Crippen LogP contribution in [0.25, 0.3) is 0 Å². The molecule has 2 aliphatic heterocycles. The molecule has 0 bridgehead atoms. The van der Waals surface area contributed by atoms with Crippen LogP contribution in [0.1, 0.15) is 30.9 Å². The molecule has 4 rings (SSSR count). The van der Waals surface area contributed by atoms with Crippen molar-refractivity contribution in [3.63, 3.8) is 0 Å². The van der Waals surface area contributed by atoms with Crippen molar-refractivity contribution in [1.29, 1.82) is 0 Å². The predicted octanol–water partition coefficient (Wildman–Crippen LogP) is 3.20. The van der Waals surface area contributed by atoms with E-state index in [1.54, 1.807) is 0 Å². The van der Waals surface area contributed by atoms with Crippen LogP contribution >= 0.6 is 0 Å². The molecule has 168 valence electrons. The molecule has 2 N–H and O–H groups in total. The number of furan rings is 1. The fraction of sp³-hybridized carbons (Fsp3) is 0.522. The van der Waals surface area contributed by atoms with Crippen molar-refractivity contribution in [3.8, 4) is 11.5 Å². The largest absolute Gasteiger partial charge is 0.490 e. The van der Waals surface area contributed by atoms with Crippen LogP contribution in [0.4, 0.5) is 5.69 Å². The first-order valence-electron chi connectivity index (χ1n) is 11.1. The second-order valence-corrected chi connectivity index (χ2v) is 7.67. The number of benzene rings is 1. The fourth-order valence-corrected chi connectivity index (χ4v) is 3.77. The number of aryl methyl sites for hydroxylation is 1. The molecule has 2 aromatic rings. The van der Waals surface area contributed by atoms with Gasteiger partial charge in [-0.05, 0) is 38.1 Å². The zero-order valence-electron chi connectivity index (χ0n) is 18.4. The first kappa shape index (κ1) is 21.5. The molecular formula is C23H32N4O4. The second-order valence-electron chi connectivity index (χ2n) is 7.67. The minimum atomic E-state index is 0.0665. The Kier molecular flexibility index (Phi) is 7.32. The molecule has 31 heavy (non-hydrogen) atoms. The van der Waals surface area contributed by atoms with Crippen LogP contribution < -0.4 is 20.1 Å². The third kappa shape index (κ3) is 5.71. The standard InChI is InChI=1S/C23H32N4O4/c1-3-24-23(26-18-6-8-21-22(15-18)30-12-4-11-29-21)25-16-19(20-7-5-17(2)31-20)27-9-13-28-14-10-27/h5-8,15,19H,3-4,9-14,16H2,1-2H3,(H2,24,25,26). The number of ether oxygens (including phenoxy) is 3. The van der Waals surface area contributed by atoms with Crippen molar-refractivity contribution in [2.24, 2.45) is 4.99 Å². The Morgan fingerprint density at radius 2 is 1.87 bits per heavy atom. The summed E-state index contributed by atoms with van der Waals surface area (Å²) in [5, 5.41) is 6.73. The highest BCUT2D eigenvalue weighted by atomic mass is 16.5. The van der Waals surface area contributed by atoms with Gasteiger partial charge in [0, 0.05) is 37.8 Å². The highest BCUT2D eigenvalue weighted by molar-refractivity contribution is 5.94. The molecule has 0 radical (unpaired) electrons. The van der Waals surface area contributed by atoms with E-state index in [4.69, 9.17) is 23.6 Å². The van der Waals surface area contributed by atoms with Crippen LogP contribution in [0.2, 0.25) is 0 Å². The number of nitrogens with one attached hydrogen (secondary N) is 2. The first-order chi connectivity index (χ1) is 15.2. The number of anilines is 1. The molecule has 0 amide bonds. The maximum Gasteiger partial charge on any atom is 0.195 e. The van der Waals surface area contributed by atoms with Gasteiger partial charge >= 0.3 is 0 Å². The molecule has 1 fully saturated rings. The normalized spacial score (nSPS) is 18.3. The minimum absolute atomic E-state index is 0.0665. The molecule has 3 heterocycles. The average molecular weight is 429 g/mol. The molecule has 1 aromatic heterocycles. The summed E-state index contributed by atoms with van der Waals surface area (Å²) in [7, 11) is 0. The molecule has 8 heteroatoms. The summed E-state index contributed by atoms with van der Waals surface area (Å²) in [5.74, 6) is 4.11. The summed E-state index contributed by atoms with van der Waals surface area (Å²) in [4.78, 5) is 7.26. The number of hydrogen-bond acceptors (Lipinski definition) is 6. The van der Waals surface area contributed by atoms with E-state index < -0.39 is 0 Å². The lowest BCUT2D eigenvalue weighted by atomic mass is 10.1. The van der Waals surface area contributed by atoms with Gasteiger partial charge in [-0.25, -0.2) is 0 Å². The van der Waals surface area contributed by atoms with Gasteiger partial charge in [0.2, 0.25) is 0 Å². The number of aliphatic imine (C=N–C) groups is 1. The maximum absolute atomic E-state index is 5.96. The second kappa shape index (κ2) is 10.5. The Morgan fingerprint density at radius 1 is 1.06 bits per heavy atom. The average Bonchev–Trinajstić information content (AvgIpc) is 3.07. The summed E-state index contributed by atoms with van der Waals surface area (Å²) in [5.41, 5.74) is 0.903. The van der Waals surface area contributed by atoms with E-state index in [9.17, 15) is 0 Å². The molecule has 0 saturated carbocycles. The Balaban J connectivity index is 1.50. The number of hydrogen-bond donors (Lipinski definition) is 2. The van der Waals surface area contributed by atoms with E-state index >= 15 is 0 Å². The van der Waals surface area contributed by atoms with Gasteiger partial charge in [-0.3, -0.25) is 9.89 Å². The lowest BCUT2D eigenvalue weighted by molar-refractivity contribution is 0.0135. The van der Waals surface area contributed by atoms with Crippen LogP contribution in [0.3, 0.4) is 0 Å². The maximum atomic E-state index is 5.96. The number of guanidine groups is 1. The van der Waals surface area contributed by atoms with E-state index in [2.05, 4.69) is 28.5 Å². The fourth-order valence-electron chi connectivity index (χ4n) is 3.77. The van der Waals surface area contributed by atoms with Gasteiger partial charge in [-0.1, -0.05) is 0 Å². The summed E-state index contributed by atoms with van der Waals surface area (Å²) in [6.07, 6.45) is 0.886. The van der Waals surface area contributed by atoms with Crippen molar-refractivity contribution < 1.29 is 18.6 Å². The summed E-state index contributed by atoms with van der Waals surface area (Å²) in [6, 6.07) is 10.0. The lowest BCUT2D eigenvalue weighted by Gasteiger charge is -2.32. The van der Waals surface area contributed by atoms with Gasteiger partial charge in [0.15, 0.2) is 17.5 Å². The van der Waals surface area contributed by atoms with Crippen molar-refractivity contribution >= 4 is 11.6 Å². The number of morpholine rings is 1. The van der Waals surface area contributed by atoms with Crippen molar-refractivity contribution in [2.45, 2.75) is 26.3 Å². The van der Waals surface area contributed by atoms with E-state index in [0.29, 0.717) is 19.8 Å². The summed E-state index contributed by atoms with van der Waals surface area (Å²) < 4.78 is 23.0. The molecule has 8 nitrogen and oxygen atoms in total. The molecule has 1 atom stereocenters. The van der Waals surface area contributed by atoms with E-state index in [-0.39, 0.29) is 6.04 Å². The smallest absolute Gasteiger partial charge is 0.195 e. The highest BCUT2D eigenvalue weighted by Crippen LogP contribution is 2.32. The van der Waals surface area contributed by atoms with Crippen molar-refractivity contribution in [2.75, 3.05) is 57.9 Å². The van der Waals surface area contributed by atoms with Gasteiger partial charge in [-0.15, -0.1) is 0 Å². The summed E-state index contributed by atoms with van der Waals surface area (Å²) >= 11 is 0. The molecule has 1 aromatic carbocycles. The van der Waals surface area contributed by atoms with Crippen molar-refractivity contribution in [3.05, 3.63) is 41.9 Å². The summed E-state index contributed by atoms with van der Waals surface area (Å²) in [6.45, 7) is 9.90. The third-order valence-corrected chi connectivity index (χ3v) is 5.35. The molecule has 1 unspecified atom stereocenters. The molecule has 1 saturated heterocycles. The van der Waals surface area contributed by atoms with Crippen LogP contribution in [0.15, 0.2) is 39.7 Å². The third-order valence-electron chi connectivity index (χ3n) is 5.35. The lowest BCUT2D eigenvalue weighted by Crippen LogP contribution is -2.40. The number of fused-ring (bicyclic) bond motifs is 1. The monoisotopic (exact) mass is 428 g/mol. The van der Waals surface area contributed by atoms with Gasteiger partial charge in [-0.2, -0.15) is 0 Å². The predicted molar refractivity (Wildman–Crippen MR) is 120 cm³/mol. The Morgan fingerprint density at radius 3 is 2.61 bits per heavy atom. The van der Waals surface area contributed by atoms with E-state index in [1.807, 2.05) is 31.2 Å². The molecular weight excluding hydrogens is 396 g/mol. The quantitative estimate of drug-likeness (QED) is 0.540. The van der Waals surface area contributed by atoms with Crippen molar-refractivity contribution in [1.82, 2.24) is 10.2 Å². The zero-order valence-corrected chi connectivity index (χ0v) is 18.4. The highest BCUT2D eigenvalue weighted by Gasteiger charge is 2.25. The van der Waals surface area contributed by atoms with Gasteiger partial charge < -0.3 is 29.3 Å². The van der Waals surface area contributed by atoms with Gasteiger partial charge in [0.1, 0.15) is 11.5 Å². The number of nitrogens with zero attached hydrogens (tertiary/aromatic N) is 2. The minimum Gasteiger partial charge on any atom is -0.490 e. The SMILES string of the molecule is CCNC(=NCC(c1ccc(C)o1)N1CCOCC1)Nc1ccc2c(c1)OCCCO2. The first-order valence-corrected chi connectivity index (χ1v) is 11.1. The van der Waals surface area contributed by atoms with Crippen LogP contribution in [0.5, 0.6) is 11.5 Å². The van der Waals surface area contributed by atoms with E-state index in [1.165, 1.54) is 0 Å². The van der Waals surface area contributed by atoms with Crippen LogP contribution in [-0.2, 0) is 4.74 Å². The molecule has 0 spiro atoms. The Labute approximate surface area is 183 Å². The number of rotatable bonds is 6. The molecule has 0 aliphatic carbocycles. The molecule has 2 aliphatic rings.